The quantitative estimate of drug-likeness (QED) is 0.284. The Kier molecular flexibility index (Phi) is 5.53. The van der Waals surface area contributed by atoms with Gasteiger partial charge in [0, 0.05) is 35.9 Å². The van der Waals surface area contributed by atoms with Crippen molar-refractivity contribution in [2.45, 2.75) is 13.1 Å². The lowest BCUT2D eigenvalue weighted by Gasteiger charge is -2.06. The van der Waals surface area contributed by atoms with Gasteiger partial charge in [0.05, 0.1) is 18.4 Å². The van der Waals surface area contributed by atoms with Crippen molar-refractivity contribution in [3.05, 3.63) is 88.2 Å². The van der Waals surface area contributed by atoms with Crippen LogP contribution in [0.1, 0.15) is 16.7 Å². The summed E-state index contributed by atoms with van der Waals surface area (Å²) in [7, 11) is 0. The molecule has 0 spiro atoms. The highest BCUT2D eigenvalue weighted by atomic mass is 16.3. The molecule has 0 atom stereocenters. The first-order valence-corrected chi connectivity index (χ1v) is 9.53. The monoisotopic (exact) mass is 416 g/mol. The number of aromatic nitrogens is 3. The fourth-order valence-corrected chi connectivity index (χ4v) is 3.20. The lowest BCUT2D eigenvalue weighted by molar-refractivity contribution is 0.403. The Labute approximate surface area is 177 Å². The summed E-state index contributed by atoms with van der Waals surface area (Å²) in [6.07, 6.45) is 10.7. The number of nitrogens with zero attached hydrogens (tertiary/aromatic N) is 3. The fourth-order valence-electron chi connectivity index (χ4n) is 3.20. The van der Waals surface area contributed by atoms with Crippen LogP contribution in [0.25, 0.3) is 16.8 Å². The molecule has 2 aromatic heterocycles. The molecular weight excluding hydrogens is 396 g/mol. The van der Waals surface area contributed by atoms with Crippen molar-refractivity contribution < 1.29 is 15.3 Å². The smallest absolute Gasteiger partial charge is 0.258 e. The first kappa shape index (κ1) is 20.0. The molecule has 0 amide bonds. The minimum atomic E-state index is -0.387. The fraction of sp³-hybridized carbons (Fsp3) is 0.0870. The number of imidazole rings is 1. The molecule has 0 aliphatic heterocycles. The Hall–Kier alpha value is -4.33. The van der Waals surface area contributed by atoms with E-state index in [-0.39, 0.29) is 29.5 Å². The summed E-state index contributed by atoms with van der Waals surface area (Å²) in [5.41, 5.74) is 1.56. The van der Waals surface area contributed by atoms with Crippen molar-refractivity contribution >= 4 is 23.1 Å². The average Bonchev–Trinajstić information content (AvgIpc) is 3.26. The van der Waals surface area contributed by atoms with Gasteiger partial charge in [-0.3, -0.25) is 14.8 Å². The Balaban J connectivity index is 1.63. The number of aromatic hydroxyl groups is 3. The average molecular weight is 416 g/mol. The molecule has 0 saturated carbocycles. The minimum Gasteiger partial charge on any atom is -0.504 e. The lowest BCUT2D eigenvalue weighted by Crippen LogP contribution is -2.08. The van der Waals surface area contributed by atoms with Crippen LogP contribution in [0, 0.1) is 0 Å². The zero-order chi connectivity index (χ0) is 21.8. The highest BCUT2D eigenvalue weighted by Gasteiger charge is 2.10. The van der Waals surface area contributed by atoms with Crippen LogP contribution in [0.4, 0.5) is 0 Å². The van der Waals surface area contributed by atoms with E-state index < -0.39 is 0 Å². The predicted molar refractivity (Wildman–Crippen MR) is 119 cm³/mol. The van der Waals surface area contributed by atoms with Crippen molar-refractivity contribution in [3.8, 4) is 17.4 Å². The molecule has 4 N–H and O–H groups in total. The van der Waals surface area contributed by atoms with Gasteiger partial charge in [-0.15, -0.1) is 0 Å². The van der Waals surface area contributed by atoms with Gasteiger partial charge in [-0.05, 0) is 35.4 Å². The molecule has 4 aromatic rings. The molecule has 4 rings (SSSR count). The number of aromatic amines is 1. The van der Waals surface area contributed by atoms with Crippen LogP contribution < -0.4 is 5.56 Å². The van der Waals surface area contributed by atoms with E-state index in [1.807, 2.05) is 35.0 Å². The number of H-pyrrole nitrogens is 1. The summed E-state index contributed by atoms with van der Waals surface area (Å²) < 4.78 is 1.92. The van der Waals surface area contributed by atoms with E-state index in [1.165, 1.54) is 18.3 Å². The molecule has 0 unspecified atom stereocenters. The van der Waals surface area contributed by atoms with Crippen LogP contribution in [0.5, 0.6) is 17.4 Å². The van der Waals surface area contributed by atoms with Crippen molar-refractivity contribution in [1.82, 2.24) is 14.5 Å². The van der Waals surface area contributed by atoms with Gasteiger partial charge >= 0.3 is 0 Å². The second-order valence-corrected chi connectivity index (χ2v) is 6.98. The third-order valence-electron chi connectivity index (χ3n) is 4.79. The summed E-state index contributed by atoms with van der Waals surface area (Å²) in [4.78, 5) is 23.0. The van der Waals surface area contributed by atoms with Gasteiger partial charge in [0.15, 0.2) is 11.5 Å². The van der Waals surface area contributed by atoms with Gasteiger partial charge < -0.3 is 19.9 Å². The SMILES string of the molecule is O=c1[nH]c(O)c(C=NCc2ccc(O)c(O)c2)c2cc(C=CCn3ccnc3)ccc12. The third kappa shape index (κ3) is 4.48. The van der Waals surface area contributed by atoms with E-state index in [2.05, 4.69) is 15.0 Å². The van der Waals surface area contributed by atoms with Gasteiger partial charge in [0.1, 0.15) is 0 Å². The number of benzene rings is 2. The second-order valence-electron chi connectivity index (χ2n) is 6.98. The number of nitrogens with one attached hydrogen (secondary N) is 1. The van der Waals surface area contributed by atoms with Crippen molar-refractivity contribution in [2.75, 3.05) is 0 Å². The van der Waals surface area contributed by atoms with Gasteiger partial charge in [-0.1, -0.05) is 24.3 Å². The number of hydrogen-bond acceptors (Lipinski definition) is 6. The van der Waals surface area contributed by atoms with Gasteiger partial charge in [-0.25, -0.2) is 4.98 Å². The maximum absolute atomic E-state index is 12.3. The standard InChI is InChI=1S/C23H20N4O4/c28-20-6-4-16(11-21(20)29)12-25-13-19-18-10-15(2-1-8-27-9-7-24-14-27)3-5-17(18)22(30)26-23(19)31/h1-7,9-11,13-14,28-29H,8,12H2,(H2,26,30,31). The number of rotatable bonds is 6. The Morgan fingerprint density at radius 3 is 2.71 bits per heavy atom. The third-order valence-corrected chi connectivity index (χ3v) is 4.79. The Morgan fingerprint density at radius 1 is 1.06 bits per heavy atom. The number of fused-ring (bicyclic) bond motifs is 1. The van der Waals surface area contributed by atoms with Crippen LogP contribution >= 0.6 is 0 Å². The van der Waals surface area contributed by atoms with Crippen molar-refractivity contribution in [2.24, 2.45) is 4.99 Å². The zero-order valence-corrected chi connectivity index (χ0v) is 16.4. The number of aliphatic imine (C=N–C) groups is 1. The predicted octanol–water partition coefficient (Wildman–Crippen LogP) is 3.17. The molecule has 0 bridgehead atoms. The van der Waals surface area contributed by atoms with Gasteiger partial charge in [0.2, 0.25) is 5.88 Å². The van der Waals surface area contributed by atoms with Gasteiger partial charge in [-0.2, -0.15) is 0 Å². The molecule has 8 heteroatoms. The van der Waals surface area contributed by atoms with E-state index in [4.69, 9.17) is 0 Å². The van der Waals surface area contributed by atoms with Crippen LogP contribution in [0.3, 0.4) is 0 Å². The maximum atomic E-state index is 12.3. The zero-order valence-electron chi connectivity index (χ0n) is 16.4. The molecule has 0 radical (unpaired) electrons. The summed E-state index contributed by atoms with van der Waals surface area (Å²) in [5.74, 6) is -0.697. The summed E-state index contributed by atoms with van der Waals surface area (Å²) in [6, 6.07) is 9.80. The number of allylic oxidation sites excluding steroid dienone is 1. The molecule has 0 aliphatic rings. The van der Waals surface area contributed by atoms with Crippen LogP contribution in [-0.2, 0) is 13.1 Å². The van der Waals surface area contributed by atoms with E-state index in [0.717, 1.165) is 5.56 Å². The van der Waals surface area contributed by atoms with Crippen LogP contribution in [-0.4, -0.2) is 36.1 Å². The van der Waals surface area contributed by atoms with Crippen molar-refractivity contribution in [3.63, 3.8) is 0 Å². The molecule has 8 nitrogen and oxygen atoms in total. The van der Waals surface area contributed by atoms with Crippen molar-refractivity contribution in [1.29, 1.82) is 0 Å². The van der Waals surface area contributed by atoms with E-state index in [1.54, 1.807) is 24.7 Å². The molecule has 2 aromatic carbocycles. The maximum Gasteiger partial charge on any atom is 0.258 e. The van der Waals surface area contributed by atoms with Gasteiger partial charge in [0.25, 0.3) is 5.56 Å². The number of phenols is 2. The lowest BCUT2D eigenvalue weighted by atomic mass is 10.0. The summed E-state index contributed by atoms with van der Waals surface area (Å²) >= 11 is 0. The highest BCUT2D eigenvalue weighted by molar-refractivity contribution is 6.02. The molecular formula is C23H20N4O4. The van der Waals surface area contributed by atoms with Crippen LogP contribution in [0.2, 0.25) is 0 Å². The first-order valence-electron chi connectivity index (χ1n) is 9.53. The molecule has 0 fully saturated rings. The van der Waals surface area contributed by atoms with E-state index in [0.29, 0.717) is 28.4 Å². The molecule has 156 valence electrons. The topological polar surface area (TPSA) is 124 Å². The van der Waals surface area contributed by atoms with E-state index >= 15 is 0 Å². The highest BCUT2D eigenvalue weighted by Crippen LogP contribution is 2.26. The second kappa shape index (κ2) is 8.58. The molecule has 0 aliphatic carbocycles. The molecule has 31 heavy (non-hydrogen) atoms. The number of pyridine rings is 1. The number of hydrogen-bond donors (Lipinski definition) is 4. The molecule has 0 saturated heterocycles. The normalized spacial score (nSPS) is 11.7. The van der Waals surface area contributed by atoms with E-state index in [9.17, 15) is 20.1 Å². The summed E-state index contributed by atoms with van der Waals surface area (Å²) in [6.45, 7) is 0.880. The minimum absolute atomic E-state index is 0.203. The Morgan fingerprint density at radius 2 is 1.94 bits per heavy atom. The molecule has 2 heterocycles. The largest absolute Gasteiger partial charge is 0.504 e. The Bertz CT molecular complexity index is 1340. The van der Waals surface area contributed by atoms with Crippen LogP contribution in [0.15, 0.2) is 71.0 Å². The number of phenolic OH excluding ortho intramolecular Hbond substituents is 2. The summed E-state index contributed by atoms with van der Waals surface area (Å²) in [5, 5.41) is 30.3. The first-order chi connectivity index (χ1) is 15.0.